The Hall–Kier alpha value is -2.28. The molecule has 2 amide bonds. The van der Waals surface area contributed by atoms with Crippen molar-refractivity contribution in [3.8, 4) is 0 Å². The molecule has 0 bridgehead atoms. The molecule has 0 aromatic heterocycles. The Bertz CT molecular complexity index is 734. The van der Waals surface area contributed by atoms with E-state index in [9.17, 15) is 9.59 Å². The number of hydrogen-bond donors (Lipinski definition) is 4. The first-order valence-electron chi connectivity index (χ1n) is 8.37. The van der Waals surface area contributed by atoms with Gasteiger partial charge in [0.1, 0.15) is 0 Å². The van der Waals surface area contributed by atoms with Crippen molar-refractivity contribution in [1.82, 2.24) is 16.0 Å². The zero-order valence-electron chi connectivity index (χ0n) is 14.0. The molecule has 1 saturated carbocycles. The summed E-state index contributed by atoms with van der Waals surface area (Å²) < 4.78 is 0. The van der Waals surface area contributed by atoms with Crippen LogP contribution in [0, 0.1) is 0 Å². The Morgan fingerprint density at radius 1 is 1.42 bits per heavy atom. The molecule has 1 aromatic carbocycles. The number of nitrogen functional groups attached to an aromatic ring is 1. The lowest BCUT2D eigenvalue weighted by molar-refractivity contribution is -0.120. The summed E-state index contributed by atoms with van der Waals surface area (Å²) in [5.74, 6) is -0.530. The minimum Gasteiger partial charge on any atom is -0.398 e. The fraction of sp³-hybridized carbons (Fsp3) is 0.529. The topological polar surface area (TPSA) is 99.5 Å². The van der Waals surface area contributed by atoms with E-state index in [0.29, 0.717) is 16.8 Å². The van der Waals surface area contributed by atoms with Crippen molar-refractivity contribution in [2.24, 2.45) is 0 Å². The van der Waals surface area contributed by atoms with Crippen LogP contribution >= 0.6 is 0 Å². The molecule has 4 rings (SSSR count). The van der Waals surface area contributed by atoms with Crippen LogP contribution in [0.15, 0.2) is 18.2 Å². The smallest absolute Gasteiger partial charge is 0.253 e. The highest BCUT2D eigenvalue weighted by molar-refractivity contribution is 6.01. The van der Waals surface area contributed by atoms with Gasteiger partial charge >= 0.3 is 0 Å². The number of nitrogens with two attached hydrogens (primary N) is 1. The number of rotatable bonds is 5. The lowest BCUT2D eigenvalue weighted by Gasteiger charge is -2.56. The van der Waals surface area contributed by atoms with E-state index in [4.69, 9.17) is 5.73 Å². The second-order valence-electron chi connectivity index (χ2n) is 7.41. The van der Waals surface area contributed by atoms with Gasteiger partial charge in [0, 0.05) is 30.5 Å². The molecule has 24 heavy (non-hydrogen) atoms. The Labute approximate surface area is 141 Å². The Morgan fingerprint density at radius 2 is 2.21 bits per heavy atom. The lowest BCUT2D eigenvalue weighted by atomic mass is 9.88. The molecule has 5 N–H and O–H groups in total. The van der Waals surface area contributed by atoms with Gasteiger partial charge in [-0.15, -0.1) is 0 Å². The van der Waals surface area contributed by atoms with Crippen molar-refractivity contribution in [3.63, 3.8) is 0 Å². The lowest BCUT2D eigenvalue weighted by Crippen LogP contribution is -2.78. The van der Waals surface area contributed by atoms with E-state index in [0.717, 1.165) is 18.8 Å². The number of piperazine rings is 1. The van der Waals surface area contributed by atoms with Gasteiger partial charge in [-0.1, -0.05) is 0 Å². The van der Waals surface area contributed by atoms with Gasteiger partial charge in [0.25, 0.3) is 5.91 Å². The van der Waals surface area contributed by atoms with Gasteiger partial charge in [0.15, 0.2) is 0 Å². The first-order chi connectivity index (χ1) is 11.4. The molecule has 7 nitrogen and oxygen atoms in total. The number of nitrogens with one attached hydrogen (secondary N) is 3. The normalized spacial score (nSPS) is 29.0. The molecular weight excluding hydrogens is 306 g/mol. The highest BCUT2D eigenvalue weighted by Crippen LogP contribution is 2.67. The first kappa shape index (κ1) is 15.3. The summed E-state index contributed by atoms with van der Waals surface area (Å²) in [7, 11) is 0. The second-order valence-corrected chi connectivity index (χ2v) is 7.41. The summed E-state index contributed by atoms with van der Waals surface area (Å²) in [6, 6.07) is 5.61. The average molecular weight is 329 g/mol. The van der Waals surface area contributed by atoms with Crippen LogP contribution < -0.4 is 26.6 Å². The van der Waals surface area contributed by atoms with Crippen molar-refractivity contribution in [2.45, 2.75) is 37.4 Å². The van der Waals surface area contributed by atoms with Gasteiger partial charge in [-0.25, -0.2) is 0 Å². The average Bonchev–Trinajstić information content (AvgIpc) is 2.89. The van der Waals surface area contributed by atoms with Gasteiger partial charge in [0.2, 0.25) is 5.91 Å². The van der Waals surface area contributed by atoms with E-state index < -0.39 is 0 Å². The summed E-state index contributed by atoms with van der Waals surface area (Å²) in [6.07, 6.45) is 1.18. The van der Waals surface area contributed by atoms with Crippen molar-refractivity contribution in [1.29, 1.82) is 0 Å². The summed E-state index contributed by atoms with van der Waals surface area (Å²) in [5.41, 5.74) is 8.44. The molecule has 7 heteroatoms. The molecule has 1 aromatic rings. The third-order valence-electron chi connectivity index (χ3n) is 5.48. The van der Waals surface area contributed by atoms with Gasteiger partial charge in [-0.05, 0) is 38.5 Å². The van der Waals surface area contributed by atoms with Crippen molar-refractivity contribution in [3.05, 3.63) is 23.8 Å². The number of benzene rings is 1. The highest BCUT2D eigenvalue weighted by Gasteiger charge is 2.84. The van der Waals surface area contributed by atoms with Crippen LogP contribution in [0.5, 0.6) is 0 Å². The Kier molecular flexibility index (Phi) is 3.09. The number of nitrogens with zero attached hydrogens (tertiary/aromatic N) is 1. The maximum absolute atomic E-state index is 12.4. The van der Waals surface area contributed by atoms with E-state index in [2.05, 4.69) is 20.9 Å². The van der Waals surface area contributed by atoms with Crippen molar-refractivity contribution >= 4 is 23.2 Å². The highest BCUT2D eigenvalue weighted by atomic mass is 16.2. The number of carbonyl (C=O) groups excluding carboxylic acids is 2. The second kappa shape index (κ2) is 4.86. The fourth-order valence-corrected chi connectivity index (χ4v) is 4.04. The van der Waals surface area contributed by atoms with Crippen LogP contribution in [0.2, 0.25) is 0 Å². The predicted octanol–water partition coefficient (Wildman–Crippen LogP) is -0.172. The predicted molar refractivity (Wildman–Crippen MR) is 91.9 cm³/mol. The Balaban J connectivity index is 1.44. The molecule has 3 fully saturated rings. The van der Waals surface area contributed by atoms with Gasteiger partial charge in [0.05, 0.1) is 23.2 Å². The largest absolute Gasteiger partial charge is 0.398 e. The molecule has 2 aliphatic heterocycles. The van der Waals surface area contributed by atoms with Crippen LogP contribution in [-0.2, 0) is 4.79 Å². The molecule has 1 unspecified atom stereocenters. The molecule has 2 saturated heterocycles. The number of carbonyl (C=O) groups is 2. The molecule has 2 heterocycles. The summed E-state index contributed by atoms with van der Waals surface area (Å²) in [6.45, 7) is 5.69. The SMILES string of the molecule is CC(C)NC(=O)CNC(=O)c1cc(N2C[C@]34CC23CN4)ccc1N. The Morgan fingerprint density at radius 3 is 2.75 bits per heavy atom. The number of amides is 2. The van der Waals surface area contributed by atoms with Crippen molar-refractivity contribution in [2.75, 3.05) is 30.3 Å². The van der Waals surface area contributed by atoms with E-state index in [1.165, 1.54) is 6.42 Å². The van der Waals surface area contributed by atoms with E-state index in [1.807, 2.05) is 26.0 Å². The quantitative estimate of drug-likeness (QED) is 0.562. The van der Waals surface area contributed by atoms with Crippen LogP contribution in [0.3, 0.4) is 0 Å². The number of hydrogen-bond acceptors (Lipinski definition) is 5. The molecule has 3 aliphatic rings. The standard InChI is InChI=1S/C17H23N5O2/c1-10(2)21-14(23)6-19-15(24)12-5-11(3-4-13(12)18)22-9-16-7-17(16,22)8-20-16/h3-5,10,20H,6-9,18H2,1-2H3,(H,19,24)(H,21,23)/t16-,17?/m1/s1. The monoisotopic (exact) mass is 329 g/mol. The molecule has 0 radical (unpaired) electrons. The molecule has 1 aliphatic carbocycles. The van der Waals surface area contributed by atoms with Crippen molar-refractivity contribution < 1.29 is 9.59 Å². The third-order valence-corrected chi connectivity index (χ3v) is 5.48. The zero-order chi connectivity index (χ0) is 17.1. The summed E-state index contributed by atoms with van der Waals surface area (Å²) >= 11 is 0. The van der Waals surface area contributed by atoms with E-state index >= 15 is 0 Å². The van der Waals surface area contributed by atoms with Crippen LogP contribution in [0.25, 0.3) is 0 Å². The molecule has 0 spiro atoms. The van der Waals surface area contributed by atoms with Crippen LogP contribution in [0.4, 0.5) is 11.4 Å². The van der Waals surface area contributed by atoms with Crippen LogP contribution in [-0.4, -0.2) is 48.6 Å². The minimum absolute atomic E-state index is 0.0448. The molecular formula is C17H23N5O2. The maximum Gasteiger partial charge on any atom is 0.253 e. The van der Waals surface area contributed by atoms with E-state index in [-0.39, 0.29) is 29.9 Å². The van der Waals surface area contributed by atoms with E-state index in [1.54, 1.807) is 6.07 Å². The zero-order valence-corrected chi connectivity index (χ0v) is 14.0. The maximum atomic E-state index is 12.4. The molecule has 128 valence electrons. The van der Waals surface area contributed by atoms with Gasteiger partial charge < -0.3 is 26.6 Å². The van der Waals surface area contributed by atoms with Crippen LogP contribution in [0.1, 0.15) is 30.6 Å². The number of anilines is 2. The summed E-state index contributed by atoms with van der Waals surface area (Å²) in [5, 5.41) is 8.87. The van der Waals surface area contributed by atoms with Gasteiger partial charge in [-0.3, -0.25) is 9.59 Å². The minimum atomic E-state index is -0.319. The van der Waals surface area contributed by atoms with Gasteiger partial charge in [-0.2, -0.15) is 0 Å². The molecule has 2 atom stereocenters. The fourth-order valence-electron chi connectivity index (χ4n) is 4.04. The summed E-state index contributed by atoms with van der Waals surface area (Å²) in [4.78, 5) is 26.4. The first-order valence-corrected chi connectivity index (χ1v) is 8.37. The third kappa shape index (κ3) is 2.00.